The van der Waals surface area contributed by atoms with E-state index in [0.29, 0.717) is 12.6 Å². The maximum absolute atomic E-state index is 12.6. The van der Waals surface area contributed by atoms with Crippen LogP contribution in [0.3, 0.4) is 0 Å². The predicted octanol–water partition coefficient (Wildman–Crippen LogP) is 3.54. The van der Waals surface area contributed by atoms with Gasteiger partial charge in [0, 0.05) is 29.5 Å². The molecule has 134 valence electrons. The van der Waals surface area contributed by atoms with Crippen LogP contribution in [0.25, 0.3) is 11.3 Å². The van der Waals surface area contributed by atoms with E-state index < -0.39 is 0 Å². The van der Waals surface area contributed by atoms with Crippen molar-refractivity contribution in [2.75, 3.05) is 18.4 Å². The van der Waals surface area contributed by atoms with Crippen LogP contribution in [0.5, 0.6) is 0 Å². The number of thiazole rings is 1. The maximum atomic E-state index is 12.6. The number of likely N-dealkylation sites (tertiary alicyclic amines) is 1. The number of quaternary nitrogens is 1. The molecular weight excluding hydrogens is 362 g/mol. The Bertz CT molecular complexity index is 888. The van der Waals surface area contributed by atoms with E-state index in [9.17, 15) is 4.79 Å². The number of aromatic nitrogens is 1. The van der Waals surface area contributed by atoms with Crippen LogP contribution in [0.15, 0.2) is 47.2 Å². The zero-order chi connectivity index (χ0) is 17.9. The minimum atomic E-state index is 0.0788. The zero-order valence-electron chi connectivity index (χ0n) is 14.7. The number of anilines is 1. The third-order valence-electron chi connectivity index (χ3n) is 4.82. The van der Waals surface area contributed by atoms with Gasteiger partial charge in [-0.25, -0.2) is 4.98 Å². The van der Waals surface area contributed by atoms with Crippen LogP contribution in [-0.2, 0) is 4.79 Å². The molecule has 1 unspecified atom stereocenters. The van der Waals surface area contributed by atoms with E-state index in [-0.39, 0.29) is 5.91 Å². The normalized spacial score (nSPS) is 19.6. The molecule has 1 amide bonds. The summed E-state index contributed by atoms with van der Waals surface area (Å²) in [5, 5.41) is 8.29. The van der Waals surface area contributed by atoms with Gasteiger partial charge in [0.05, 0.1) is 22.1 Å². The van der Waals surface area contributed by atoms with Gasteiger partial charge in [-0.1, -0.05) is 18.2 Å². The molecule has 6 heteroatoms. The summed E-state index contributed by atoms with van der Waals surface area (Å²) in [5.74, 6) is 0.0788. The molecule has 0 bridgehead atoms. The van der Waals surface area contributed by atoms with Gasteiger partial charge in [0.15, 0.2) is 6.54 Å². The summed E-state index contributed by atoms with van der Waals surface area (Å²) in [5.41, 5.74) is 2.84. The Labute approximate surface area is 161 Å². The number of aryl methyl sites for hydroxylation is 1. The molecule has 0 saturated carbocycles. The average Bonchev–Trinajstić information content (AvgIpc) is 3.36. The van der Waals surface area contributed by atoms with Gasteiger partial charge >= 0.3 is 0 Å². The minimum Gasteiger partial charge on any atom is -0.321 e. The summed E-state index contributed by atoms with van der Waals surface area (Å²) >= 11 is 3.44. The molecule has 0 radical (unpaired) electrons. The SMILES string of the molecule is Cc1nc(-c2cccc(NC(=O)C[NH+]3CCC[C@H]3c3cccs3)c2)cs1. The molecule has 4 nitrogen and oxygen atoms in total. The van der Waals surface area contributed by atoms with Gasteiger partial charge in [0.2, 0.25) is 0 Å². The van der Waals surface area contributed by atoms with Crippen molar-refractivity contribution in [3.8, 4) is 11.3 Å². The number of nitrogens with zero attached hydrogens (tertiary/aromatic N) is 1. The highest BCUT2D eigenvalue weighted by Gasteiger charge is 2.32. The van der Waals surface area contributed by atoms with E-state index in [1.54, 1.807) is 22.7 Å². The second-order valence-electron chi connectivity index (χ2n) is 6.68. The van der Waals surface area contributed by atoms with Crippen molar-refractivity contribution >= 4 is 34.3 Å². The van der Waals surface area contributed by atoms with E-state index in [4.69, 9.17) is 0 Å². The van der Waals surface area contributed by atoms with Crippen LogP contribution in [-0.4, -0.2) is 24.0 Å². The molecule has 1 saturated heterocycles. The van der Waals surface area contributed by atoms with Gasteiger partial charge in [-0.2, -0.15) is 0 Å². The third-order valence-corrected chi connectivity index (χ3v) is 6.58. The van der Waals surface area contributed by atoms with Crippen molar-refractivity contribution in [1.82, 2.24) is 4.98 Å². The molecule has 2 aromatic heterocycles. The lowest BCUT2D eigenvalue weighted by molar-refractivity contribution is -0.910. The predicted molar refractivity (Wildman–Crippen MR) is 108 cm³/mol. The van der Waals surface area contributed by atoms with Crippen LogP contribution in [0.2, 0.25) is 0 Å². The summed E-state index contributed by atoms with van der Waals surface area (Å²) in [7, 11) is 0. The molecule has 0 spiro atoms. The first-order chi connectivity index (χ1) is 12.7. The van der Waals surface area contributed by atoms with E-state index in [1.165, 1.54) is 22.6 Å². The summed E-state index contributed by atoms with van der Waals surface area (Å²) in [6.45, 7) is 3.58. The number of hydrogen-bond donors (Lipinski definition) is 2. The van der Waals surface area contributed by atoms with E-state index in [1.807, 2.05) is 31.2 Å². The van der Waals surface area contributed by atoms with Gasteiger partial charge in [-0.15, -0.1) is 22.7 Å². The first-order valence-corrected chi connectivity index (χ1v) is 10.7. The summed E-state index contributed by atoms with van der Waals surface area (Å²) < 4.78 is 0. The van der Waals surface area contributed by atoms with Crippen LogP contribution >= 0.6 is 22.7 Å². The van der Waals surface area contributed by atoms with Crippen molar-refractivity contribution in [3.05, 3.63) is 57.0 Å². The van der Waals surface area contributed by atoms with E-state index in [0.717, 1.165) is 28.5 Å². The number of hydrogen-bond acceptors (Lipinski definition) is 4. The Hall–Kier alpha value is -2.02. The fourth-order valence-corrected chi connectivity index (χ4v) is 5.16. The second-order valence-corrected chi connectivity index (χ2v) is 8.72. The van der Waals surface area contributed by atoms with Crippen LogP contribution in [0.4, 0.5) is 5.69 Å². The van der Waals surface area contributed by atoms with Crippen molar-refractivity contribution in [3.63, 3.8) is 0 Å². The fraction of sp³-hybridized carbons (Fsp3) is 0.300. The van der Waals surface area contributed by atoms with Crippen molar-refractivity contribution in [2.24, 2.45) is 0 Å². The molecule has 4 rings (SSSR count). The Kier molecular flexibility index (Phi) is 5.15. The number of nitrogens with one attached hydrogen (secondary N) is 2. The van der Waals surface area contributed by atoms with Crippen molar-refractivity contribution in [1.29, 1.82) is 0 Å². The highest BCUT2D eigenvalue weighted by molar-refractivity contribution is 7.10. The average molecular weight is 385 g/mol. The topological polar surface area (TPSA) is 46.4 Å². The number of rotatable bonds is 5. The highest BCUT2D eigenvalue weighted by Crippen LogP contribution is 2.25. The second kappa shape index (κ2) is 7.70. The highest BCUT2D eigenvalue weighted by atomic mass is 32.1. The van der Waals surface area contributed by atoms with Crippen LogP contribution < -0.4 is 10.2 Å². The van der Waals surface area contributed by atoms with Gasteiger partial charge < -0.3 is 10.2 Å². The Morgan fingerprint density at radius 2 is 2.23 bits per heavy atom. The number of carbonyl (C=O) groups excluding carboxylic acids is 1. The molecule has 2 N–H and O–H groups in total. The standard InChI is InChI=1S/C20H21N3OS2/c1-14-21-17(13-26-14)15-5-2-6-16(11-15)22-20(24)12-23-9-3-7-18(23)19-8-4-10-25-19/h2,4-6,8,10-11,13,18H,3,7,9,12H2,1H3,(H,22,24)/p+1/t18-/m0/s1. The van der Waals surface area contributed by atoms with Gasteiger partial charge in [-0.3, -0.25) is 4.79 Å². The van der Waals surface area contributed by atoms with Gasteiger partial charge in [0.25, 0.3) is 5.91 Å². The first kappa shape index (κ1) is 17.4. The lowest BCUT2D eigenvalue weighted by atomic mass is 10.1. The van der Waals surface area contributed by atoms with Gasteiger partial charge in [0.1, 0.15) is 6.04 Å². The molecule has 1 aromatic carbocycles. The molecule has 3 heterocycles. The monoisotopic (exact) mass is 384 g/mol. The third kappa shape index (κ3) is 3.87. The Balaban J connectivity index is 1.42. The number of benzene rings is 1. The van der Waals surface area contributed by atoms with Crippen molar-refractivity contribution < 1.29 is 9.69 Å². The van der Waals surface area contributed by atoms with Gasteiger partial charge in [-0.05, 0) is 30.5 Å². The molecule has 3 aromatic rings. The summed E-state index contributed by atoms with van der Waals surface area (Å²) in [6.07, 6.45) is 2.35. The quantitative estimate of drug-likeness (QED) is 0.707. The number of thiophene rings is 1. The minimum absolute atomic E-state index is 0.0788. The summed E-state index contributed by atoms with van der Waals surface area (Å²) in [6, 6.07) is 12.7. The van der Waals surface area contributed by atoms with Crippen LogP contribution in [0, 0.1) is 6.92 Å². The van der Waals surface area contributed by atoms with Crippen LogP contribution in [0.1, 0.15) is 28.8 Å². The maximum Gasteiger partial charge on any atom is 0.279 e. The Morgan fingerprint density at radius 1 is 1.31 bits per heavy atom. The number of amides is 1. The van der Waals surface area contributed by atoms with E-state index >= 15 is 0 Å². The zero-order valence-corrected chi connectivity index (χ0v) is 16.3. The molecule has 2 atom stereocenters. The molecule has 1 aliphatic rings. The fourth-order valence-electron chi connectivity index (χ4n) is 3.62. The Morgan fingerprint density at radius 3 is 3.00 bits per heavy atom. The molecule has 1 aliphatic heterocycles. The molecule has 1 fully saturated rings. The van der Waals surface area contributed by atoms with Crippen molar-refractivity contribution in [2.45, 2.75) is 25.8 Å². The molecular formula is C20H22N3OS2+. The summed E-state index contributed by atoms with van der Waals surface area (Å²) in [4.78, 5) is 19.9. The van der Waals surface area contributed by atoms with E-state index in [2.05, 4.69) is 33.2 Å². The first-order valence-electron chi connectivity index (χ1n) is 8.89. The lowest BCUT2D eigenvalue weighted by Crippen LogP contribution is -3.11. The molecule has 26 heavy (non-hydrogen) atoms. The number of carbonyl (C=O) groups is 1. The lowest BCUT2D eigenvalue weighted by Gasteiger charge is -2.20. The smallest absolute Gasteiger partial charge is 0.279 e. The largest absolute Gasteiger partial charge is 0.321 e. The molecule has 0 aliphatic carbocycles.